The van der Waals surface area contributed by atoms with Gasteiger partial charge in [0.05, 0.1) is 24.2 Å². The maximum atomic E-state index is 12.9. The predicted octanol–water partition coefficient (Wildman–Crippen LogP) is 1.75. The van der Waals surface area contributed by atoms with E-state index in [1.165, 1.54) is 6.92 Å². The van der Waals surface area contributed by atoms with Crippen molar-refractivity contribution in [2.45, 2.75) is 71.4 Å². The second-order valence-corrected chi connectivity index (χ2v) is 7.46. The molecule has 7 heteroatoms. The van der Waals surface area contributed by atoms with E-state index in [0.29, 0.717) is 0 Å². The van der Waals surface area contributed by atoms with Gasteiger partial charge in [0, 0.05) is 31.3 Å². The quantitative estimate of drug-likeness (QED) is 0.224. The van der Waals surface area contributed by atoms with Crippen molar-refractivity contribution < 1.29 is 34.1 Å². The fourth-order valence-electron chi connectivity index (χ4n) is 3.31. The monoisotopic (exact) mass is 396 g/mol. The SMILES string of the molecule is C=C(C(=O)[C@@H](COC(C)=O)[C@H](O)[C@]1(C)OC1[C@@H](C)/C=C\C)[C@@H](O)CC(=O)CC. The minimum Gasteiger partial charge on any atom is -0.465 e. The van der Waals surface area contributed by atoms with Crippen molar-refractivity contribution in [3.63, 3.8) is 0 Å². The zero-order chi connectivity index (χ0) is 21.6. The Hall–Kier alpha value is -1.83. The van der Waals surface area contributed by atoms with Gasteiger partial charge in [-0.1, -0.05) is 32.6 Å². The van der Waals surface area contributed by atoms with Gasteiger partial charge in [-0.15, -0.1) is 0 Å². The molecule has 1 rings (SSSR count). The average Bonchev–Trinajstić information content (AvgIpc) is 3.33. The molecule has 0 saturated carbocycles. The van der Waals surface area contributed by atoms with Crippen molar-refractivity contribution in [1.29, 1.82) is 0 Å². The molecule has 1 fully saturated rings. The molecule has 0 aromatic rings. The third-order valence-corrected chi connectivity index (χ3v) is 5.17. The molecule has 0 spiro atoms. The number of hydrogen-bond donors (Lipinski definition) is 2. The van der Waals surface area contributed by atoms with Crippen LogP contribution in [0, 0.1) is 11.8 Å². The Bertz CT molecular complexity index is 639. The number of ketones is 2. The van der Waals surface area contributed by atoms with Gasteiger partial charge in [-0.25, -0.2) is 0 Å². The van der Waals surface area contributed by atoms with Gasteiger partial charge in [0.2, 0.25) is 0 Å². The summed E-state index contributed by atoms with van der Waals surface area (Å²) in [5, 5.41) is 21.0. The average molecular weight is 396 g/mol. The van der Waals surface area contributed by atoms with Crippen LogP contribution in [0.2, 0.25) is 0 Å². The second-order valence-electron chi connectivity index (χ2n) is 7.46. The molecular weight excluding hydrogens is 364 g/mol. The second kappa shape index (κ2) is 10.1. The molecule has 28 heavy (non-hydrogen) atoms. The Morgan fingerprint density at radius 3 is 2.43 bits per heavy atom. The van der Waals surface area contributed by atoms with E-state index in [9.17, 15) is 24.6 Å². The number of epoxide rings is 1. The Balaban J connectivity index is 2.99. The van der Waals surface area contributed by atoms with Crippen molar-refractivity contribution >= 4 is 17.5 Å². The number of carbonyl (C=O) groups is 3. The third-order valence-electron chi connectivity index (χ3n) is 5.17. The molecule has 1 saturated heterocycles. The van der Waals surface area contributed by atoms with Crippen molar-refractivity contribution in [2.24, 2.45) is 11.8 Å². The molecule has 0 radical (unpaired) electrons. The highest BCUT2D eigenvalue weighted by molar-refractivity contribution is 5.99. The first-order valence-electron chi connectivity index (χ1n) is 9.54. The normalized spacial score (nSPS) is 25.6. The van der Waals surface area contributed by atoms with Crippen molar-refractivity contribution in [1.82, 2.24) is 0 Å². The Kier molecular flexibility index (Phi) is 8.73. The lowest BCUT2D eigenvalue weighted by Gasteiger charge is -2.27. The summed E-state index contributed by atoms with van der Waals surface area (Å²) in [5.41, 5.74) is -1.19. The van der Waals surface area contributed by atoms with E-state index < -0.39 is 35.5 Å². The van der Waals surface area contributed by atoms with Gasteiger partial charge in [0.1, 0.15) is 18.0 Å². The molecule has 0 amide bonds. The van der Waals surface area contributed by atoms with E-state index in [1.54, 1.807) is 13.8 Å². The number of ether oxygens (including phenoxy) is 2. The number of rotatable bonds is 12. The molecule has 1 heterocycles. The summed E-state index contributed by atoms with van der Waals surface area (Å²) in [6.45, 7) is 11.6. The van der Waals surface area contributed by atoms with Crippen LogP contribution < -0.4 is 0 Å². The summed E-state index contributed by atoms with van der Waals surface area (Å²) in [5.74, 6) is -2.60. The molecular formula is C21H32O7. The Morgan fingerprint density at radius 2 is 1.93 bits per heavy atom. The van der Waals surface area contributed by atoms with E-state index in [0.717, 1.165) is 0 Å². The molecule has 2 N–H and O–H groups in total. The summed E-state index contributed by atoms with van der Waals surface area (Å²) in [6, 6.07) is 0. The number of carbonyl (C=O) groups excluding carboxylic acids is 3. The topological polar surface area (TPSA) is 113 Å². The largest absolute Gasteiger partial charge is 0.465 e. The van der Waals surface area contributed by atoms with Crippen LogP contribution in [0.4, 0.5) is 0 Å². The van der Waals surface area contributed by atoms with Gasteiger partial charge < -0.3 is 19.7 Å². The molecule has 0 bridgehead atoms. The highest BCUT2D eigenvalue weighted by Crippen LogP contribution is 2.46. The van der Waals surface area contributed by atoms with Crippen LogP contribution >= 0.6 is 0 Å². The molecule has 0 aromatic carbocycles. The fourth-order valence-corrected chi connectivity index (χ4v) is 3.31. The highest BCUT2D eigenvalue weighted by Gasteiger charge is 2.61. The van der Waals surface area contributed by atoms with E-state index in [4.69, 9.17) is 9.47 Å². The molecule has 1 unspecified atom stereocenters. The number of hydrogen-bond acceptors (Lipinski definition) is 7. The Labute approximate surface area is 166 Å². The van der Waals surface area contributed by atoms with Crippen LogP contribution in [-0.4, -0.2) is 58.3 Å². The first kappa shape index (κ1) is 24.2. The van der Waals surface area contributed by atoms with Crippen molar-refractivity contribution in [2.75, 3.05) is 6.61 Å². The zero-order valence-electron chi connectivity index (χ0n) is 17.3. The maximum absolute atomic E-state index is 12.9. The zero-order valence-corrected chi connectivity index (χ0v) is 17.3. The number of allylic oxidation sites excluding steroid dienone is 1. The van der Waals surface area contributed by atoms with Gasteiger partial charge in [-0.2, -0.15) is 0 Å². The number of esters is 1. The van der Waals surface area contributed by atoms with Crippen molar-refractivity contribution in [3.05, 3.63) is 24.3 Å². The molecule has 7 nitrogen and oxygen atoms in total. The number of aliphatic hydroxyl groups is 2. The van der Waals surface area contributed by atoms with Gasteiger partial charge >= 0.3 is 5.97 Å². The summed E-state index contributed by atoms with van der Waals surface area (Å²) >= 11 is 0. The van der Waals surface area contributed by atoms with Gasteiger partial charge in [0.25, 0.3) is 0 Å². The molecule has 1 aliphatic rings. The van der Waals surface area contributed by atoms with Crippen LogP contribution in [0.25, 0.3) is 0 Å². The molecule has 0 aliphatic carbocycles. The van der Waals surface area contributed by atoms with Crippen LogP contribution in [-0.2, 0) is 23.9 Å². The smallest absolute Gasteiger partial charge is 0.302 e. The van der Waals surface area contributed by atoms with Crippen LogP contribution in [0.15, 0.2) is 24.3 Å². The first-order valence-corrected chi connectivity index (χ1v) is 9.54. The molecule has 1 aliphatic heterocycles. The van der Waals surface area contributed by atoms with Crippen LogP contribution in [0.5, 0.6) is 0 Å². The predicted molar refractivity (Wildman–Crippen MR) is 103 cm³/mol. The fraction of sp³-hybridized carbons (Fsp3) is 0.667. The highest BCUT2D eigenvalue weighted by atomic mass is 16.6. The minimum absolute atomic E-state index is 0.0186. The summed E-state index contributed by atoms with van der Waals surface area (Å²) < 4.78 is 10.7. The lowest BCUT2D eigenvalue weighted by Crippen LogP contribution is -2.44. The molecule has 158 valence electrons. The first-order chi connectivity index (χ1) is 13.0. The van der Waals surface area contributed by atoms with E-state index in [-0.39, 0.29) is 42.8 Å². The lowest BCUT2D eigenvalue weighted by molar-refractivity contribution is -0.146. The summed E-state index contributed by atoms with van der Waals surface area (Å²) in [4.78, 5) is 35.7. The van der Waals surface area contributed by atoms with E-state index in [2.05, 4.69) is 6.58 Å². The number of aliphatic hydroxyl groups excluding tert-OH is 2. The minimum atomic E-state index is -1.35. The van der Waals surface area contributed by atoms with Gasteiger partial charge in [-0.05, 0) is 13.8 Å². The third kappa shape index (κ3) is 5.83. The van der Waals surface area contributed by atoms with E-state index in [1.807, 2.05) is 26.0 Å². The molecule has 0 aromatic heterocycles. The Morgan fingerprint density at radius 1 is 1.32 bits per heavy atom. The summed E-state index contributed by atoms with van der Waals surface area (Å²) in [6.07, 6.45) is 0.890. The summed E-state index contributed by atoms with van der Waals surface area (Å²) in [7, 11) is 0. The van der Waals surface area contributed by atoms with E-state index >= 15 is 0 Å². The number of Topliss-reactive ketones (excluding diaryl/α,β-unsaturated/α-hetero) is 2. The van der Waals surface area contributed by atoms with Gasteiger partial charge in [-0.3, -0.25) is 14.4 Å². The lowest BCUT2D eigenvalue weighted by atomic mass is 9.81. The molecule has 6 atom stereocenters. The van der Waals surface area contributed by atoms with Crippen LogP contribution in [0.1, 0.15) is 47.5 Å². The van der Waals surface area contributed by atoms with Gasteiger partial charge in [0.15, 0.2) is 5.78 Å². The van der Waals surface area contributed by atoms with Crippen LogP contribution in [0.3, 0.4) is 0 Å². The maximum Gasteiger partial charge on any atom is 0.302 e. The standard InChI is InChI=1S/C21H32O7/c1-7-9-12(3)20-21(6,28-20)19(26)16(11-27-14(5)22)18(25)13(4)17(24)10-15(23)8-2/h7,9,12,16-17,19-20,24,26H,4,8,10-11H2,1-3,5-6H3/b9-7-/t12-,16+,17-,19-,20?,21-/m0/s1. The van der Waals surface area contributed by atoms with Crippen molar-refractivity contribution in [3.8, 4) is 0 Å².